The van der Waals surface area contributed by atoms with E-state index >= 15 is 0 Å². The molecule has 2 aromatic carbocycles. The van der Waals surface area contributed by atoms with Crippen molar-refractivity contribution >= 4 is 17.5 Å². The van der Waals surface area contributed by atoms with E-state index in [2.05, 4.69) is 15.9 Å². The molecule has 1 fully saturated rings. The summed E-state index contributed by atoms with van der Waals surface area (Å²) in [6, 6.07) is 11.5. The van der Waals surface area contributed by atoms with Gasteiger partial charge in [-0.05, 0) is 43.7 Å². The average Bonchev–Trinajstić information content (AvgIpc) is 2.87. The molecule has 0 atom stereocenters. The summed E-state index contributed by atoms with van der Waals surface area (Å²) in [5.74, 6) is 1.38. The highest BCUT2D eigenvalue weighted by molar-refractivity contribution is 6.13. The predicted octanol–water partition coefficient (Wildman–Crippen LogP) is 2.79. The first-order valence-corrected chi connectivity index (χ1v) is 11.5. The van der Waals surface area contributed by atoms with E-state index in [4.69, 9.17) is 14.2 Å². The molecule has 0 bridgehead atoms. The van der Waals surface area contributed by atoms with E-state index in [1.807, 2.05) is 32.0 Å². The topological polar surface area (TPSA) is 71.6 Å². The zero-order valence-electron chi connectivity index (χ0n) is 20.6. The molecule has 2 aliphatic heterocycles. The zero-order valence-corrected chi connectivity index (χ0v) is 20.6. The number of fused-ring (bicyclic) bond motifs is 1. The second-order valence-electron chi connectivity index (χ2n) is 9.14. The summed E-state index contributed by atoms with van der Waals surface area (Å²) in [4.78, 5) is 32.7. The normalized spacial score (nSPS) is 18.0. The molecule has 0 radical (unpaired) electrons. The minimum Gasteiger partial charge on any atom is -0.495 e. The Balaban J connectivity index is 1.45. The lowest BCUT2D eigenvalue weighted by Crippen LogP contribution is -2.55. The summed E-state index contributed by atoms with van der Waals surface area (Å²) in [5.41, 5.74) is 1.41. The molecule has 182 valence electrons. The second kappa shape index (κ2) is 9.54. The number of hydrogen-bond donors (Lipinski definition) is 0. The van der Waals surface area contributed by atoms with Crippen molar-refractivity contribution in [3.8, 4) is 17.2 Å². The molecule has 0 saturated carbocycles. The largest absolute Gasteiger partial charge is 0.495 e. The van der Waals surface area contributed by atoms with Gasteiger partial charge in [0.1, 0.15) is 5.75 Å². The van der Waals surface area contributed by atoms with Gasteiger partial charge in [-0.1, -0.05) is 12.1 Å². The standard InChI is InChI=1S/C26H33N3O5/c1-26(2)19-17-23(34-5)22(33-4)16-18(19)24(30)29(25(26)31)15-12-27-10-13-28(14-11-27)20-8-6-7-9-21(20)32-3/h6-9,16-17H,10-15H2,1-5H3. The van der Waals surface area contributed by atoms with Crippen LogP contribution in [-0.2, 0) is 10.2 Å². The molecule has 8 nitrogen and oxygen atoms in total. The fraction of sp³-hybridized carbons (Fsp3) is 0.462. The van der Waals surface area contributed by atoms with Gasteiger partial charge in [0.05, 0.1) is 32.4 Å². The van der Waals surface area contributed by atoms with Crippen LogP contribution >= 0.6 is 0 Å². The number of hydrogen-bond acceptors (Lipinski definition) is 7. The molecule has 34 heavy (non-hydrogen) atoms. The number of ether oxygens (including phenoxy) is 3. The SMILES string of the molecule is COc1cc2c(cc1OC)C(C)(C)C(=O)N(CCN1CCN(c3ccccc3OC)CC1)C2=O. The smallest absolute Gasteiger partial charge is 0.260 e. The highest BCUT2D eigenvalue weighted by atomic mass is 16.5. The molecule has 2 heterocycles. The quantitative estimate of drug-likeness (QED) is 0.580. The number of carbonyl (C=O) groups is 2. The van der Waals surface area contributed by atoms with Crippen LogP contribution in [0.5, 0.6) is 17.2 Å². The third-order valence-corrected chi connectivity index (χ3v) is 6.89. The molecule has 8 heteroatoms. The van der Waals surface area contributed by atoms with Crippen molar-refractivity contribution in [2.24, 2.45) is 0 Å². The number of imide groups is 1. The maximum absolute atomic E-state index is 13.3. The van der Waals surface area contributed by atoms with Gasteiger partial charge in [0, 0.05) is 44.8 Å². The Kier molecular flexibility index (Phi) is 6.70. The molecule has 1 saturated heterocycles. The van der Waals surface area contributed by atoms with Crippen molar-refractivity contribution in [2.45, 2.75) is 19.3 Å². The van der Waals surface area contributed by atoms with Gasteiger partial charge in [-0.2, -0.15) is 0 Å². The number of benzene rings is 2. The van der Waals surface area contributed by atoms with Crippen LogP contribution in [0.2, 0.25) is 0 Å². The Bertz CT molecular complexity index is 1080. The average molecular weight is 468 g/mol. The van der Waals surface area contributed by atoms with Crippen LogP contribution in [0, 0.1) is 0 Å². The van der Waals surface area contributed by atoms with Gasteiger partial charge in [0.2, 0.25) is 5.91 Å². The first-order valence-electron chi connectivity index (χ1n) is 11.5. The molecular formula is C26H33N3O5. The Morgan fingerprint density at radius 1 is 0.824 bits per heavy atom. The maximum Gasteiger partial charge on any atom is 0.260 e. The van der Waals surface area contributed by atoms with Gasteiger partial charge in [0.15, 0.2) is 11.5 Å². The van der Waals surface area contributed by atoms with E-state index in [1.165, 1.54) is 12.0 Å². The van der Waals surface area contributed by atoms with Crippen molar-refractivity contribution in [3.05, 3.63) is 47.5 Å². The first-order chi connectivity index (χ1) is 16.3. The maximum atomic E-state index is 13.3. The van der Waals surface area contributed by atoms with E-state index in [0.29, 0.717) is 35.7 Å². The number of para-hydroxylation sites is 2. The van der Waals surface area contributed by atoms with E-state index in [9.17, 15) is 9.59 Å². The van der Waals surface area contributed by atoms with E-state index < -0.39 is 5.41 Å². The monoisotopic (exact) mass is 467 g/mol. The molecule has 0 aromatic heterocycles. The van der Waals surface area contributed by atoms with Gasteiger partial charge in [0.25, 0.3) is 5.91 Å². The minimum absolute atomic E-state index is 0.190. The Morgan fingerprint density at radius 3 is 2.09 bits per heavy atom. The van der Waals surface area contributed by atoms with Crippen molar-refractivity contribution in [3.63, 3.8) is 0 Å². The fourth-order valence-corrected chi connectivity index (χ4v) is 4.81. The van der Waals surface area contributed by atoms with Gasteiger partial charge in [-0.15, -0.1) is 0 Å². The minimum atomic E-state index is -0.842. The second-order valence-corrected chi connectivity index (χ2v) is 9.14. The van der Waals surface area contributed by atoms with Crippen LogP contribution in [0.4, 0.5) is 5.69 Å². The predicted molar refractivity (Wildman–Crippen MR) is 130 cm³/mol. The molecule has 0 unspecified atom stereocenters. The van der Waals surface area contributed by atoms with Crippen molar-refractivity contribution in [1.82, 2.24) is 9.80 Å². The first kappa shape index (κ1) is 23.9. The third kappa shape index (κ3) is 4.18. The molecule has 4 rings (SSSR count). The zero-order chi connectivity index (χ0) is 24.5. The van der Waals surface area contributed by atoms with Gasteiger partial charge in [-0.3, -0.25) is 19.4 Å². The number of anilines is 1. The van der Waals surface area contributed by atoms with Gasteiger partial charge in [-0.25, -0.2) is 0 Å². The van der Waals surface area contributed by atoms with Crippen LogP contribution in [0.3, 0.4) is 0 Å². The summed E-state index contributed by atoms with van der Waals surface area (Å²) >= 11 is 0. The van der Waals surface area contributed by atoms with Crippen molar-refractivity contribution < 1.29 is 23.8 Å². The number of nitrogens with zero attached hydrogens (tertiary/aromatic N) is 3. The number of carbonyl (C=O) groups excluding carboxylic acids is 2. The Morgan fingerprint density at radius 2 is 1.44 bits per heavy atom. The molecule has 0 N–H and O–H groups in total. The van der Waals surface area contributed by atoms with Crippen LogP contribution in [0.15, 0.2) is 36.4 Å². The molecule has 2 aliphatic rings. The summed E-state index contributed by atoms with van der Waals surface area (Å²) in [7, 11) is 4.77. The van der Waals surface area contributed by atoms with Crippen LogP contribution in [0.25, 0.3) is 0 Å². The number of piperazine rings is 1. The summed E-state index contributed by atoms with van der Waals surface area (Å²) in [5, 5.41) is 0. The number of amides is 2. The van der Waals surface area contributed by atoms with Crippen LogP contribution in [0.1, 0.15) is 29.8 Å². The third-order valence-electron chi connectivity index (χ3n) is 6.89. The number of methoxy groups -OCH3 is 3. The summed E-state index contributed by atoms with van der Waals surface area (Å²) in [6.07, 6.45) is 0. The molecule has 0 aliphatic carbocycles. The lowest BCUT2D eigenvalue weighted by atomic mass is 9.77. The highest BCUT2D eigenvalue weighted by Gasteiger charge is 2.45. The Hall–Kier alpha value is -3.26. The lowest BCUT2D eigenvalue weighted by molar-refractivity contribution is -0.134. The molecular weight excluding hydrogens is 434 g/mol. The van der Waals surface area contributed by atoms with E-state index in [0.717, 1.165) is 37.6 Å². The van der Waals surface area contributed by atoms with E-state index in [-0.39, 0.29) is 11.8 Å². The van der Waals surface area contributed by atoms with Crippen LogP contribution < -0.4 is 19.1 Å². The lowest BCUT2D eigenvalue weighted by Gasteiger charge is -2.40. The van der Waals surface area contributed by atoms with Gasteiger partial charge < -0.3 is 19.1 Å². The van der Waals surface area contributed by atoms with Gasteiger partial charge >= 0.3 is 0 Å². The summed E-state index contributed by atoms with van der Waals surface area (Å²) in [6.45, 7) is 8.09. The molecule has 0 spiro atoms. The Labute approximate surface area is 201 Å². The summed E-state index contributed by atoms with van der Waals surface area (Å²) < 4.78 is 16.3. The molecule has 2 aromatic rings. The van der Waals surface area contributed by atoms with Crippen LogP contribution in [-0.4, -0.2) is 82.2 Å². The van der Waals surface area contributed by atoms with Crippen molar-refractivity contribution in [1.29, 1.82) is 0 Å². The fourth-order valence-electron chi connectivity index (χ4n) is 4.81. The van der Waals surface area contributed by atoms with E-state index in [1.54, 1.807) is 26.4 Å². The number of rotatable bonds is 7. The van der Waals surface area contributed by atoms with Crippen molar-refractivity contribution in [2.75, 3.05) is 65.5 Å². The molecule has 2 amide bonds. The highest BCUT2D eigenvalue weighted by Crippen LogP contribution is 2.40.